The van der Waals surface area contributed by atoms with Gasteiger partial charge in [0, 0.05) is 23.5 Å². The Kier molecular flexibility index (Phi) is 5.27. The van der Waals surface area contributed by atoms with Crippen LogP contribution in [0, 0.1) is 0 Å². The Morgan fingerprint density at radius 3 is 2.53 bits per heavy atom. The average Bonchev–Trinajstić information content (AvgIpc) is 2.72. The smallest absolute Gasteiger partial charge is 0.385 e. The molecule has 0 radical (unpaired) electrons. The second-order valence-electron chi connectivity index (χ2n) is 7.41. The monoisotopic (exact) mass is 436 g/mol. The molecule has 2 N–H and O–H groups in total. The van der Waals surface area contributed by atoms with E-state index in [1.54, 1.807) is 18.2 Å². The van der Waals surface area contributed by atoms with Crippen molar-refractivity contribution >= 4 is 29.3 Å². The maximum atomic E-state index is 13.4. The van der Waals surface area contributed by atoms with Crippen LogP contribution in [0.4, 0.5) is 18.9 Å². The van der Waals surface area contributed by atoms with Gasteiger partial charge < -0.3 is 15.3 Å². The number of hydrogen-bond acceptors (Lipinski definition) is 4. The van der Waals surface area contributed by atoms with E-state index in [1.807, 2.05) is 0 Å². The molecule has 2 aliphatic rings. The average molecular weight is 436 g/mol. The summed E-state index contributed by atoms with van der Waals surface area (Å²) in [6, 6.07) is 10.1. The Morgan fingerprint density at radius 1 is 1.13 bits per heavy atom. The lowest BCUT2D eigenvalue weighted by molar-refractivity contribution is -0.141. The van der Waals surface area contributed by atoms with Crippen molar-refractivity contribution in [3.63, 3.8) is 0 Å². The topological polar surface area (TPSA) is 69.6 Å². The van der Waals surface area contributed by atoms with Gasteiger partial charge in [0.25, 0.3) is 5.91 Å². The lowest BCUT2D eigenvalue weighted by atomic mass is 9.81. The number of thioether (sulfide) groups is 1. The molecule has 4 rings (SSSR count). The van der Waals surface area contributed by atoms with Gasteiger partial charge in [-0.25, -0.2) is 0 Å². The zero-order chi connectivity index (χ0) is 21.5. The largest absolute Gasteiger partial charge is 0.416 e. The predicted octanol–water partition coefficient (Wildman–Crippen LogP) is 3.87. The van der Waals surface area contributed by atoms with Gasteiger partial charge >= 0.3 is 6.18 Å². The number of fused-ring (bicyclic) bond motifs is 1. The van der Waals surface area contributed by atoms with Gasteiger partial charge in [-0.3, -0.25) is 9.59 Å². The Morgan fingerprint density at radius 2 is 1.83 bits per heavy atom. The van der Waals surface area contributed by atoms with E-state index in [2.05, 4.69) is 5.32 Å². The molecule has 0 aromatic heterocycles. The summed E-state index contributed by atoms with van der Waals surface area (Å²) in [6.45, 7) is 0.249. The molecule has 1 saturated heterocycles. The Labute approximate surface area is 175 Å². The van der Waals surface area contributed by atoms with Crippen molar-refractivity contribution in [1.82, 2.24) is 4.90 Å². The Bertz CT molecular complexity index is 1000. The maximum Gasteiger partial charge on any atom is 0.416 e. The standard InChI is InChI=1S/C21H19F3N2O3S/c22-21(23,24)15-4-2-1-3-14(15)20(29)7-9-26(10-8-20)19(28)13-5-6-17-16(11-13)25-18(27)12-30-17/h1-6,11,29H,7-10,12H2,(H,25,27). The summed E-state index contributed by atoms with van der Waals surface area (Å²) < 4.78 is 40.1. The highest BCUT2D eigenvalue weighted by atomic mass is 32.2. The van der Waals surface area contributed by atoms with Gasteiger partial charge in [0.15, 0.2) is 0 Å². The fraction of sp³-hybridized carbons (Fsp3) is 0.333. The molecule has 0 saturated carbocycles. The molecular formula is C21H19F3N2O3S. The number of nitrogens with one attached hydrogen (secondary N) is 1. The summed E-state index contributed by atoms with van der Waals surface area (Å²) in [5.74, 6) is -0.0954. The molecule has 2 aliphatic heterocycles. The molecule has 0 unspecified atom stereocenters. The molecule has 0 aliphatic carbocycles. The van der Waals surface area contributed by atoms with Crippen molar-refractivity contribution in [1.29, 1.82) is 0 Å². The van der Waals surface area contributed by atoms with Crippen LogP contribution in [0.15, 0.2) is 47.4 Å². The molecule has 158 valence electrons. The molecule has 1 fully saturated rings. The van der Waals surface area contributed by atoms with E-state index in [1.165, 1.54) is 34.9 Å². The third-order valence-corrected chi connectivity index (χ3v) is 6.54. The van der Waals surface area contributed by atoms with Crippen LogP contribution in [-0.2, 0) is 16.6 Å². The number of piperidine rings is 1. The van der Waals surface area contributed by atoms with Crippen LogP contribution in [0.5, 0.6) is 0 Å². The number of anilines is 1. The molecule has 0 spiro atoms. The van der Waals surface area contributed by atoms with E-state index < -0.39 is 17.3 Å². The summed E-state index contributed by atoms with van der Waals surface area (Å²) in [7, 11) is 0. The molecular weight excluding hydrogens is 417 g/mol. The number of alkyl halides is 3. The number of benzene rings is 2. The number of hydrogen-bond donors (Lipinski definition) is 2. The second kappa shape index (κ2) is 7.63. The van der Waals surface area contributed by atoms with Gasteiger partial charge in [0.05, 0.1) is 22.6 Å². The molecule has 2 aromatic rings. The number of carbonyl (C=O) groups excluding carboxylic acids is 2. The Hall–Kier alpha value is -2.52. The first kappa shape index (κ1) is 20.7. The van der Waals surface area contributed by atoms with Gasteiger partial charge in [-0.15, -0.1) is 11.8 Å². The first-order valence-corrected chi connectivity index (χ1v) is 10.4. The molecule has 30 heavy (non-hydrogen) atoms. The number of aliphatic hydroxyl groups is 1. The number of amides is 2. The van der Waals surface area contributed by atoms with Gasteiger partial charge in [-0.2, -0.15) is 13.2 Å². The van der Waals surface area contributed by atoms with Crippen LogP contribution in [0.2, 0.25) is 0 Å². The zero-order valence-electron chi connectivity index (χ0n) is 15.8. The third-order valence-electron chi connectivity index (χ3n) is 5.47. The summed E-state index contributed by atoms with van der Waals surface area (Å²) >= 11 is 1.39. The predicted molar refractivity (Wildman–Crippen MR) is 106 cm³/mol. The van der Waals surface area contributed by atoms with Crippen molar-refractivity contribution in [3.8, 4) is 0 Å². The van der Waals surface area contributed by atoms with Crippen LogP contribution in [0.3, 0.4) is 0 Å². The molecule has 0 bridgehead atoms. The normalized spacial score (nSPS) is 18.5. The summed E-state index contributed by atoms with van der Waals surface area (Å²) in [5, 5.41) is 13.7. The minimum absolute atomic E-state index is 0.00334. The van der Waals surface area contributed by atoms with Crippen LogP contribution < -0.4 is 5.32 Å². The molecule has 0 atom stereocenters. The van der Waals surface area contributed by atoms with E-state index in [0.29, 0.717) is 17.0 Å². The number of nitrogens with zero attached hydrogens (tertiary/aromatic N) is 1. The molecule has 5 nitrogen and oxygen atoms in total. The van der Waals surface area contributed by atoms with Crippen LogP contribution in [0.1, 0.15) is 34.3 Å². The second-order valence-corrected chi connectivity index (χ2v) is 8.43. The Balaban J connectivity index is 1.51. The van der Waals surface area contributed by atoms with Crippen LogP contribution in [0.25, 0.3) is 0 Å². The first-order valence-electron chi connectivity index (χ1n) is 9.42. The lowest BCUT2D eigenvalue weighted by Gasteiger charge is -2.39. The van der Waals surface area contributed by atoms with E-state index in [9.17, 15) is 27.9 Å². The van der Waals surface area contributed by atoms with E-state index in [4.69, 9.17) is 0 Å². The number of rotatable bonds is 2. The van der Waals surface area contributed by atoms with Gasteiger partial charge in [0.2, 0.25) is 5.91 Å². The highest BCUT2D eigenvalue weighted by Gasteiger charge is 2.42. The molecule has 9 heteroatoms. The quantitative estimate of drug-likeness (QED) is 0.750. The highest BCUT2D eigenvalue weighted by molar-refractivity contribution is 8.00. The molecule has 2 heterocycles. The van der Waals surface area contributed by atoms with Gasteiger partial charge in [-0.05, 0) is 42.7 Å². The SMILES string of the molecule is O=C1CSc2ccc(C(=O)N3CCC(O)(c4ccccc4C(F)(F)F)CC3)cc2N1. The minimum Gasteiger partial charge on any atom is -0.385 e. The van der Waals surface area contributed by atoms with Crippen molar-refractivity contribution in [2.75, 3.05) is 24.2 Å². The van der Waals surface area contributed by atoms with E-state index in [0.717, 1.165) is 11.0 Å². The van der Waals surface area contributed by atoms with Crippen molar-refractivity contribution < 1.29 is 27.9 Å². The molecule has 2 amide bonds. The highest BCUT2D eigenvalue weighted by Crippen LogP contribution is 2.41. The lowest BCUT2D eigenvalue weighted by Crippen LogP contribution is -2.45. The third kappa shape index (κ3) is 3.91. The van der Waals surface area contributed by atoms with Crippen molar-refractivity contribution in [3.05, 3.63) is 59.2 Å². The van der Waals surface area contributed by atoms with Crippen molar-refractivity contribution in [2.45, 2.75) is 29.5 Å². The fourth-order valence-electron chi connectivity index (χ4n) is 3.88. The van der Waals surface area contributed by atoms with E-state index in [-0.39, 0.29) is 43.3 Å². The minimum atomic E-state index is -4.56. The van der Waals surface area contributed by atoms with Gasteiger partial charge in [-0.1, -0.05) is 18.2 Å². The van der Waals surface area contributed by atoms with E-state index >= 15 is 0 Å². The summed E-state index contributed by atoms with van der Waals surface area (Å²) in [4.78, 5) is 26.9. The summed E-state index contributed by atoms with van der Waals surface area (Å²) in [5.41, 5.74) is -1.69. The first-order chi connectivity index (χ1) is 14.2. The fourth-order valence-corrected chi connectivity index (χ4v) is 4.67. The number of halogens is 3. The van der Waals surface area contributed by atoms with Crippen molar-refractivity contribution in [2.24, 2.45) is 0 Å². The van der Waals surface area contributed by atoms with Crippen LogP contribution in [-0.4, -0.2) is 40.7 Å². The van der Waals surface area contributed by atoms with Crippen LogP contribution >= 0.6 is 11.8 Å². The molecule has 2 aromatic carbocycles. The maximum absolute atomic E-state index is 13.4. The number of likely N-dealkylation sites (tertiary alicyclic amines) is 1. The number of carbonyl (C=O) groups is 2. The summed E-state index contributed by atoms with van der Waals surface area (Å²) in [6.07, 6.45) is -4.56. The zero-order valence-corrected chi connectivity index (χ0v) is 16.6. The van der Waals surface area contributed by atoms with Gasteiger partial charge in [0.1, 0.15) is 0 Å².